The van der Waals surface area contributed by atoms with E-state index in [0.29, 0.717) is 12.6 Å². The quantitative estimate of drug-likeness (QED) is 0.927. The van der Waals surface area contributed by atoms with E-state index in [4.69, 9.17) is 15.5 Å². The summed E-state index contributed by atoms with van der Waals surface area (Å²) in [6, 6.07) is 10.3. The number of para-hydroxylation sites is 1. The highest BCUT2D eigenvalue weighted by molar-refractivity contribution is 5.81. The number of ether oxygens (including phenoxy) is 1. The van der Waals surface area contributed by atoms with Gasteiger partial charge in [0, 0.05) is 37.7 Å². The smallest absolute Gasteiger partial charge is 0.133 e. The van der Waals surface area contributed by atoms with Gasteiger partial charge in [0.15, 0.2) is 0 Å². The Bertz CT molecular complexity index is 593. The van der Waals surface area contributed by atoms with Gasteiger partial charge >= 0.3 is 0 Å². The summed E-state index contributed by atoms with van der Waals surface area (Å²) in [7, 11) is 2.07. The van der Waals surface area contributed by atoms with Crippen LogP contribution in [0, 0.1) is 0 Å². The van der Waals surface area contributed by atoms with E-state index in [1.165, 1.54) is 0 Å². The van der Waals surface area contributed by atoms with Gasteiger partial charge in [-0.1, -0.05) is 18.2 Å². The Morgan fingerprint density at radius 1 is 1.40 bits per heavy atom. The SMILES string of the molecule is CN(CC1CCCO1)c1nc2ccccc2cc1CN. The maximum atomic E-state index is 5.89. The van der Waals surface area contributed by atoms with E-state index in [0.717, 1.165) is 48.3 Å². The van der Waals surface area contributed by atoms with Crippen molar-refractivity contribution in [3.63, 3.8) is 0 Å². The molecule has 1 aliphatic rings. The summed E-state index contributed by atoms with van der Waals surface area (Å²) in [6.07, 6.45) is 2.61. The first-order chi connectivity index (χ1) is 9.78. The van der Waals surface area contributed by atoms with Crippen molar-refractivity contribution in [3.8, 4) is 0 Å². The number of nitrogens with two attached hydrogens (primary N) is 1. The molecule has 1 atom stereocenters. The lowest BCUT2D eigenvalue weighted by atomic mass is 10.1. The summed E-state index contributed by atoms with van der Waals surface area (Å²) in [4.78, 5) is 6.95. The fraction of sp³-hybridized carbons (Fsp3) is 0.438. The van der Waals surface area contributed by atoms with E-state index < -0.39 is 0 Å². The maximum Gasteiger partial charge on any atom is 0.133 e. The Morgan fingerprint density at radius 3 is 3.00 bits per heavy atom. The largest absolute Gasteiger partial charge is 0.376 e. The van der Waals surface area contributed by atoms with Crippen LogP contribution < -0.4 is 10.6 Å². The first-order valence-corrected chi connectivity index (χ1v) is 7.19. The second-order valence-corrected chi connectivity index (χ2v) is 5.38. The van der Waals surface area contributed by atoms with E-state index in [1.54, 1.807) is 0 Å². The minimum Gasteiger partial charge on any atom is -0.376 e. The molecule has 0 spiro atoms. The first kappa shape index (κ1) is 13.3. The van der Waals surface area contributed by atoms with Crippen molar-refractivity contribution in [2.75, 3.05) is 25.1 Å². The molecule has 0 amide bonds. The Labute approximate surface area is 119 Å². The number of rotatable bonds is 4. The number of fused-ring (bicyclic) bond motifs is 1. The summed E-state index contributed by atoms with van der Waals surface area (Å²) in [5.74, 6) is 0.974. The summed E-state index contributed by atoms with van der Waals surface area (Å²) in [5, 5.41) is 1.14. The molecular formula is C16H21N3O. The lowest BCUT2D eigenvalue weighted by molar-refractivity contribution is 0.116. The number of likely N-dealkylation sites (N-methyl/N-ethyl adjacent to an activating group) is 1. The fourth-order valence-electron chi connectivity index (χ4n) is 2.81. The molecule has 2 aromatic rings. The predicted octanol–water partition coefficient (Wildman–Crippen LogP) is 2.31. The third kappa shape index (κ3) is 2.62. The van der Waals surface area contributed by atoms with Gasteiger partial charge in [-0.2, -0.15) is 0 Å². The van der Waals surface area contributed by atoms with Gasteiger partial charge in [-0.05, 0) is 25.0 Å². The number of pyridine rings is 1. The fourth-order valence-corrected chi connectivity index (χ4v) is 2.81. The van der Waals surface area contributed by atoms with Crippen molar-refractivity contribution in [1.82, 2.24) is 4.98 Å². The molecule has 0 saturated carbocycles. The summed E-state index contributed by atoms with van der Waals surface area (Å²) in [5.41, 5.74) is 7.99. The third-order valence-corrected chi connectivity index (χ3v) is 3.86. The molecule has 2 N–H and O–H groups in total. The van der Waals surface area contributed by atoms with E-state index >= 15 is 0 Å². The van der Waals surface area contributed by atoms with Gasteiger partial charge < -0.3 is 15.4 Å². The van der Waals surface area contributed by atoms with E-state index in [2.05, 4.69) is 24.1 Å². The standard InChI is InChI=1S/C16H21N3O/c1-19(11-14-6-4-8-20-14)16-13(10-17)9-12-5-2-3-7-15(12)18-16/h2-3,5,7,9,14H,4,6,8,10-11,17H2,1H3. The molecular weight excluding hydrogens is 250 g/mol. The van der Waals surface area contributed by atoms with Crippen LogP contribution in [0.1, 0.15) is 18.4 Å². The molecule has 106 valence electrons. The van der Waals surface area contributed by atoms with Gasteiger partial charge in [0.2, 0.25) is 0 Å². The van der Waals surface area contributed by atoms with E-state index in [-0.39, 0.29) is 0 Å². The van der Waals surface area contributed by atoms with Gasteiger partial charge in [0.1, 0.15) is 5.82 Å². The van der Waals surface area contributed by atoms with Crippen LogP contribution in [0.3, 0.4) is 0 Å². The number of benzene rings is 1. The third-order valence-electron chi connectivity index (χ3n) is 3.86. The minimum atomic E-state index is 0.318. The molecule has 0 radical (unpaired) electrons. The van der Waals surface area contributed by atoms with Crippen LogP contribution in [0.4, 0.5) is 5.82 Å². The van der Waals surface area contributed by atoms with Crippen molar-refractivity contribution >= 4 is 16.7 Å². The zero-order chi connectivity index (χ0) is 13.9. The first-order valence-electron chi connectivity index (χ1n) is 7.19. The molecule has 4 nitrogen and oxygen atoms in total. The Hall–Kier alpha value is -1.65. The van der Waals surface area contributed by atoms with Crippen LogP contribution in [-0.2, 0) is 11.3 Å². The molecule has 3 rings (SSSR count). The lowest BCUT2D eigenvalue weighted by Gasteiger charge is -2.24. The lowest BCUT2D eigenvalue weighted by Crippen LogP contribution is -2.30. The Morgan fingerprint density at radius 2 is 2.25 bits per heavy atom. The average Bonchev–Trinajstić information content (AvgIpc) is 2.98. The van der Waals surface area contributed by atoms with Crippen LogP contribution in [0.2, 0.25) is 0 Å². The molecule has 20 heavy (non-hydrogen) atoms. The second kappa shape index (κ2) is 5.77. The van der Waals surface area contributed by atoms with Gasteiger partial charge in [0.05, 0.1) is 11.6 Å². The molecule has 0 bridgehead atoms. The average molecular weight is 271 g/mol. The number of anilines is 1. The summed E-state index contributed by atoms with van der Waals surface area (Å²) >= 11 is 0. The topological polar surface area (TPSA) is 51.4 Å². The molecule has 1 unspecified atom stereocenters. The van der Waals surface area contributed by atoms with Crippen LogP contribution in [0.15, 0.2) is 30.3 Å². The summed E-state index contributed by atoms with van der Waals surface area (Å²) in [6.45, 7) is 2.26. The van der Waals surface area contributed by atoms with Crippen molar-refractivity contribution < 1.29 is 4.74 Å². The molecule has 1 fully saturated rings. The van der Waals surface area contributed by atoms with Gasteiger partial charge in [0.25, 0.3) is 0 Å². The van der Waals surface area contributed by atoms with E-state index in [9.17, 15) is 0 Å². The Kier molecular flexibility index (Phi) is 3.85. The highest BCUT2D eigenvalue weighted by atomic mass is 16.5. The van der Waals surface area contributed by atoms with Crippen LogP contribution in [-0.4, -0.2) is 31.3 Å². The minimum absolute atomic E-state index is 0.318. The Balaban J connectivity index is 1.91. The summed E-state index contributed by atoms with van der Waals surface area (Å²) < 4.78 is 5.71. The van der Waals surface area contributed by atoms with E-state index in [1.807, 2.05) is 18.2 Å². The molecule has 0 aliphatic carbocycles. The zero-order valence-electron chi connectivity index (χ0n) is 11.9. The van der Waals surface area contributed by atoms with Crippen molar-refractivity contribution in [1.29, 1.82) is 0 Å². The van der Waals surface area contributed by atoms with Crippen molar-refractivity contribution in [3.05, 3.63) is 35.9 Å². The molecule has 1 aliphatic heterocycles. The van der Waals surface area contributed by atoms with Gasteiger partial charge in [-0.3, -0.25) is 0 Å². The number of hydrogen-bond donors (Lipinski definition) is 1. The molecule has 1 aromatic carbocycles. The molecule has 1 aromatic heterocycles. The van der Waals surface area contributed by atoms with Crippen LogP contribution in [0.5, 0.6) is 0 Å². The highest BCUT2D eigenvalue weighted by Gasteiger charge is 2.19. The number of hydrogen-bond acceptors (Lipinski definition) is 4. The van der Waals surface area contributed by atoms with Crippen LogP contribution in [0.25, 0.3) is 10.9 Å². The predicted molar refractivity (Wildman–Crippen MR) is 81.9 cm³/mol. The van der Waals surface area contributed by atoms with Crippen molar-refractivity contribution in [2.45, 2.75) is 25.5 Å². The van der Waals surface area contributed by atoms with Gasteiger partial charge in [-0.25, -0.2) is 4.98 Å². The van der Waals surface area contributed by atoms with Crippen LogP contribution >= 0.6 is 0 Å². The highest BCUT2D eigenvalue weighted by Crippen LogP contribution is 2.24. The van der Waals surface area contributed by atoms with Gasteiger partial charge in [-0.15, -0.1) is 0 Å². The monoisotopic (exact) mass is 271 g/mol. The second-order valence-electron chi connectivity index (χ2n) is 5.38. The molecule has 2 heterocycles. The molecule has 4 heteroatoms. The maximum absolute atomic E-state index is 5.89. The zero-order valence-corrected chi connectivity index (χ0v) is 11.9. The normalized spacial score (nSPS) is 18.6. The van der Waals surface area contributed by atoms with Crippen molar-refractivity contribution in [2.24, 2.45) is 5.73 Å². The molecule has 1 saturated heterocycles. The number of aromatic nitrogens is 1. The number of nitrogens with zero attached hydrogens (tertiary/aromatic N) is 2.